The van der Waals surface area contributed by atoms with Gasteiger partial charge in [0.1, 0.15) is 11.5 Å². The number of fused-ring (bicyclic) bond motifs is 1. The summed E-state index contributed by atoms with van der Waals surface area (Å²) >= 11 is 0. The highest BCUT2D eigenvalue weighted by Crippen LogP contribution is 2.30. The third kappa shape index (κ3) is 2.92. The van der Waals surface area contributed by atoms with Crippen LogP contribution in [0, 0.1) is 11.2 Å². The van der Waals surface area contributed by atoms with Crippen LogP contribution in [0.25, 0.3) is 10.9 Å². The van der Waals surface area contributed by atoms with Gasteiger partial charge in [0.05, 0.1) is 5.41 Å². The molecule has 3 N–H and O–H groups in total. The summed E-state index contributed by atoms with van der Waals surface area (Å²) < 4.78 is 18.9. The van der Waals surface area contributed by atoms with E-state index in [-0.39, 0.29) is 12.2 Å². The lowest BCUT2D eigenvalue weighted by Gasteiger charge is -2.33. The van der Waals surface area contributed by atoms with Crippen LogP contribution in [-0.2, 0) is 9.53 Å². The highest BCUT2D eigenvalue weighted by Gasteiger charge is 2.40. The van der Waals surface area contributed by atoms with Gasteiger partial charge in [-0.3, -0.25) is 9.59 Å². The largest absolute Gasteiger partial charge is 0.481 e. The summed E-state index contributed by atoms with van der Waals surface area (Å²) in [6.07, 6.45) is 0.702. The predicted molar refractivity (Wildman–Crippen MR) is 80.7 cm³/mol. The topological polar surface area (TPSA) is 91.4 Å². The summed E-state index contributed by atoms with van der Waals surface area (Å²) in [5, 5.41) is 12.4. The Morgan fingerprint density at radius 1 is 1.35 bits per heavy atom. The number of aromatic amines is 1. The molecule has 1 aromatic carbocycles. The predicted octanol–water partition coefficient (Wildman–Crippen LogP) is 1.92. The van der Waals surface area contributed by atoms with Gasteiger partial charge in [0.2, 0.25) is 0 Å². The molecule has 1 aromatic heterocycles. The van der Waals surface area contributed by atoms with E-state index >= 15 is 0 Å². The minimum atomic E-state index is -1.01. The Balaban J connectivity index is 1.75. The van der Waals surface area contributed by atoms with E-state index in [1.54, 1.807) is 12.1 Å². The zero-order valence-electron chi connectivity index (χ0n) is 12.4. The summed E-state index contributed by atoms with van der Waals surface area (Å²) in [5.41, 5.74) is -0.280. The van der Waals surface area contributed by atoms with E-state index in [0.717, 1.165) is 0 Å². The fraction of sp³-hybridized carbons (Fsp3) is 0.375. The fourth-order valence-electron chi connectivity index (χ4n) is 2.81. The highest BCUT2D eigenvalue weighted by atomic mass is 19.1. The number of benzene rings is 1. The maximum absolute atomic E-state index is 13.7. The van der Waals surface area contributed by atoms with Gasteiger partial charge in [0, 0.05) is 30.7 Å². The summed E-state index contributed by atoms with van der Waals surface area (Å²) in [7, 11) is 0. The van der Waals surface area contributed by atoms with Gasteiger partial charge in [-0.15, -0.1) is 0 Å². The van der Waals surface area contributed by atoms with Crippen molar-refractivity contribution in [2.45, 2.75) is 12.8 Å². The highest BCUT2D eigenvalue weighted by molar-refractivity contribution is 5.98. The van der Waals surface area contributed by atoms with Crippen LogP contribution >= 0.6 is 0 Å². The Kier molecular flexibility index (Phi) is 4.04. The number of rotatable bonds is 4. The molecule has 2 aromatic rings. The fourth-order valence-corrected chi connectivity index (χ4v) is 2.81. The van der Waals surface area contributed by atoms with Crippen molar-refractivity contribution >= 4 is 22.8 Å². The number of carbonyl (C=O) groups is 2. The molecule has 0 aliphatic carbocycles. The number of hydrogen-bond donors (Lipinski definition) is 3. The van der Waals surface area contributed by atoms with Crippen LogP contribution in [0.4, 0.5) is 4.39 Å². The number of hydrogen-bond acceptors (Lipinski definition) is 3. The standard InChI is InChI=1S/C16H17FN2O4/c17-11-2-1-3-12-10(11)8-13(19-12)14(20)18-9-16(15(21)22)4-6-23-7-5-16/h1-3,8,19H,4-7,9H2,(H,18,20)(H,21,22). The summed E-state index contributed by atoms with van der Waals surface area (Å²) in [4.78, 5) is 26.6. The van der Waals surface area contributed by atoms with Crippen molar-refractivity contribution in [3.05, 3.63) is 35.8 Å². The Morgan fingerprint density at radius 3 is 2.74 bits per heavy atom. The summed E-state index contributed by atoms with van der Waals surface area (Å²) in [5.74, 6) is -1.80. The number of halogens is 1. The van der Waals surface area contributed by atoms with Crippen LogP contribution in [0.15, 0.2) is 24.3 Å². The van der Waals surface area contributed by atoms with Crippen LogP contribution in [0.2, 0.25) is 0 Å². The minimum absolute atomic E-state index is 0.0162. The van der Waals surface area contributed by atoms with Crippen LogP contribution in [0.3, 0.4) is 0 Å². The monoisotopic (exact) mass is 320 g/mol. The lowest BCUT2D eigenvalue weighted by Crippen LogP contribution is -2.46. The summed E-state index contributed by atoms with van der Waals surface area (Å²) in [6.45, 7) is 0.738. The molecular weight excluding hydrogens is 303 g/mol. The van der Waals surface area contributed by atoms with Gasteiger partial charge in [0.25, 0.3) is 5.91 Å². The van der Waals surface area contributed by atoms with Crippen molar-refractivity contribution in [1.29, 1.82) is 0 Å². The molecule has 7 heteroatoms. The van der Waals surface area contributed by atoms with Gasteiger partial charge in [0.15, 0.2) is 0 Å². The quantitative estimate of drug-likeness (QED) is 0.802. The molecule has 1 fully saturated rings. The first-order valence-corrected chi connectivity index (χ1v) is 7.38. The van der Waals surface area contributed by atoms with Crippen molar-refractivity contribution in [2.24, 2.45) is 5.41 Å². The number of carboxylic acids is 1. The molecule has 0 saturated carbocycles. The number of aliphatic carboxylic acids is 1. The number of carboxylic acid groups (broad SMARTS) is 1. The molecule has 1 amide bonds. The molecule has 0 bridgehead atoms. The second kappa shape index (κ2) is 6.00. The molecule has 3 rings (SSSR count). The second-order valence-corrected chi connectivity index (χ2v) is 5.76. The lowest BCUT2D eigenvalue weighted by atomic mass is 9.80. The van der Waals surface area contributed by atoms with E-state index < -0.39 is 23.1 Å². The van der Waals surface area contributed by atoms with Crippen molar-refractivity contribution in [2.75, 3.05) is 19.8 Å². The second-order valence-electron chi connectivity index (χ2n) is 5.76. The number of aromatic nitrogens is 1. The zero-order chi connectivity index (χ0) is 16.4. The van der Waals surface area contributed by atoms with E-state index in [9.17, 15) is 19.1 Å². The maximum Gasteiger partial charge on any atom is 0.311 e. The van der Waals surface area contributed by atoms with Gasteiger partial charge in [-0.25, -0.2) is 4.39 Å². The van der Waals surface area contributed by atoms with E-state index in [1.807, 2.05) is 0 Å². The SMILES string of the molecule is O=C(NCC1(C(=O)O)CCOCC1)c1cc2c(F)cccc2[nH]1. The summed E-state index contributed by atoms with van der Waals surface area (Å²) in [6, 6.07) is 5.97. The molecule has 6 nitrogen and oxygen atoms in total. The van der Waals surface area contributed by atoms with E-state index in [4.69, 9.17) is 4.74 Å². The van der Waals surface area contributed by atoms with Crippen molar-refractivity contribution in [1.82, 2.24) is 10.3 Å². The molecular formula is C16H17FN2O4. The van der Waals surface area contributed by atoms with Gasteiger partial charge in [-0.05, 0) is 31.0 Å². The number of amides is 1. The molecule has 1 saturated heterocycles. The number of ether oxygens (including phenoxy) is 1. The molecule has 0 spiro atoms. The Hall–Kier alpha value is -2.41. The Labute approximate surface area is 131 Å². The zero-order valence-corrected chi connectivity index (χ0v) is 12.4. The van der Waals surface area contributed by atoms with Crippen LogP contribution in [0.1, 0.15) is 23.3 Å². The smallest absolute Gasteiger partial charge is 0.311 e. The lowest BCUT2D eigenvalue weighted by molar-refractivity contribution is -0.154. The first kappa shape index (κ1) is 15.5. The van der Waals surface area contributed by atoms with E-state index in [2.05, 4.69) is 10.3 Å². The first-order chi connectivity index (χ1) is 11.0. The molecule has 2 heterocycles. The van der Waals surface area contributed by atoms with Gasteiger partial charge >= 0.3 is 5.97 Å². The van der Waals surface area contributed by atoms with Gasteiger partial charge in [-0.1, -0.05) is 6.07 Å². The molecule has 23 heavy (non-hydrogen) atoms. The maximum atomic E-state index is 13.7. The molecule has 0 radical (unpaired) electrons. The minimum Gasteiger partial charge on any atom is -0.481 e. The van der Waals surface area contributed by atoms with Crippen molar-refractivity contribution < 1.29 is 23.8 Å². The molecule has 0 atom stereocenters. The Morgan fingerprint density at radius 2 is 2.09 bits per heavy atom. The van der Waals surface area contributed by atoms with Gasteiger partial charge < -0.3 is 20.1 Å². The van der Waals surface area contributed by atoms with Crippen LogP contribution in [0.5, 0.6) is 0 Å². The van der Waals surface area contributed by atoms with E-state index in [0.29, 0.717) is 37.0 Å². The molecule has 122 valence electrons. The molecule has 0 unspecified atom stereocenters. The average Bonchev–Trinajstić information content (AvgIpc) is 2.99. The van der Waals surface area contributed by atoms with Crippen LogP contribution in [-0.4, -0.2) is 41.7 Å². The average molecular weight is 320 g/mol. The number of nitrogens with one attached hydrogen (secondary N) is 2. The van der Waals surface area contributed by atoms with Gasteiger partial charge in [-0.2, -0.15) is 0 Å². The third-order valence-electron chi connectivity index (χ3n) is 4.35. The molecule has 1 aliphatic heterocycles. The number of carbonyl (C=O) groups excluding carboxylic acids is 1. The Bertz CT molecular complexity index is 750. The normalized spacial score (nSPS) is 17.1. The molecule has 1 aliphatic rings. The van der Waals surface area contributed by atoms with E-state index in [1.165, 1.54) is 12.1 Å². The third-order valence-corrected chi connectivity index (χ3v) is 4.35. The van der Waals surface area contributed by atoms with Crippen molar-refractivity contribution in [3.8, 4) is 0 Å². The van der Waals surface area contributed by atoms with Crippen molar-refractivity contribution in [3.63, 3.8) is 0 Å². The first-order valence-electron chi connectivity index (χ1n) is 7.38. The van der Waals surface area contributed by atoms with Crippen LogP contribution < -0.4 is 5.32 Å². The number of H-pyrrole nitrogens is 1.